The van der Waals surface area contributed by atoms with E-state index in [0.29, 0.717) is 18.8 Å². The Bertz CT molecular complexity index is 506. The molecule has 1 saturated heterocycles. The van der Waals surface area contributed by atoms with E-state index >= 15 is 0 Å². The van der Waals surface area contributed by atoms with Gasteiger partial charge in [-0.15, -0.1) is 0 Å². The van der Waals surface area contributed by atoms with Gasteiger partial charge in [-0.1, -0.05) is 11.6 Å². The number of likely N-dealkylation sites (N-methyl/N-ethyl adjacent to an activating group) is 1. The van der Waals surface area contributed by atoms with E-state index in [1.807, 2.05) is 0 Å². The lowest BCUT2D eigenvalue weighted by Gasteiger charge is -2.13. The topological polar surface area (TPSA) is 88.3 Å². The van der Waals surface area contributed by atoms with E-state index in [0.717, 1.165) is 0 Å². The number of hydrogen-bond donors (Lipinski definition) is 2. The summed E-state index contributed by atoms with van der Waals surface area (Å²) in [5.74, 6) is -0.199. The molecule has 0 bridgehead atoms. The lowest BCUT2D eigenvalue weighted by atomic mass is 10.2. The van der Waals surface area contributed by atoms with Crippen molar-refractivity contribution in [1.82, 2.24) is 9.88 Å². The second-order valence-electron chi connectivity index (χ2n) is 4.16. The molecule has 18 heavy (non-hydrogen) atoms. The number of pyridine rings is 1. The van der Waals surface area contributed by atoms with Crippen LogP contribution in [0.25, 0.3) is 0 Å². The number of aromatic nitrogens is 1. The second kappa shape index (κ2) is 4.81. The van der Waals surface area contributed by atoms with Gasteiger partial charge in [0.2, 0.25) is 11.8 Å². The number of likely N-dealkylation sites (tertiary alicyclic amines) is 1. The normalized spacial score (nSPS) is 19.1. The largest absolute Gasteiger partial charge is 0.366 e. The zero-order chi connectivity index (χ0) is 13.3. The molecular formula is C11H13ClN4O2. The van der Waals surface area contributed by atoms with Crippen LogP contribution in [0.15, 0.2) is 12.3 Å². The molecule has 2 heterocycles. The summed E-state index contributed by atoms with van der Waals surface area (Å²) in [6, 6.07) is 1.11. The molecule has 2 rings (SSSR count). The van der Waals surface area contributed by atoms with E-state index in [9.17, 15) is 9.59 Å². The molecule has 1 fully saturated rings. The zero-order valence-electron chi connectivity index (χ0n) is 9.81. The van der Waals surface area contributed by atoms with Gasteiger partial charge >= 0.3 is 0 Å². The molecule has 2 amide bonds. The van der Waals surface area contributed by atoms with Gasteiger partial charge in [0.15, 0.2) is 0 Å². The third-order valence-electron chi connectivity index (χ3n) is 2.86. The Morgan fingerprint density at radius 3 is 2.89 bits per heavy atom. The van der Waals surface area contributed by atoms with Crippen LogP contribution in [0.5, 0.6) is 0 Å². The average molecular weight is 269 g/mol. The molecule has 7 heteroatoms. The van der Waals surface area contributed by atoms with Gasteiger partial charge in [-0.05, 0) is 12.5 Å². The van der Waals surface area contributed by atoms with E-state index in [1.165, 1.54) is 12.3 Å². The predicted molar refractivity (Wildman–Crippen MR) is 67.4 cm³/mol. The Morgan fingerprint density at radius 2 is 2.39 bits per heavy atom. The van der Waals surface area contributed by atoms with Crippen LogP contribution >= 0.6 is 11.6 Å². The van der Waals surface area contributed by atoms with Gasteiger partial charge in [-0.3, -0.25) is 9.59 Å². The number of carbonyl (C=O) groups is 2. The molecule has 0 radical (unpaired) electrons. The Hall–Kier alpha value is -1.82. The molecule has 0 spiro atoms. The van der Waals surface area contributed by atoms with Crippen LogP contribution in [-0.4, -0.2) is 41.3 Å². The first-order valence-corrected chi connectivity index (χ1v) is 5.83. The number of carbonyl (C=O) groups excluding carboxylic acids is 2. The highest BCUT2D eigenvalue weighted by atomic mass is 35.5. The molecule has 1 aromatic heterocycles. The van der Waals surface area contributed by atoms with Gasteiger partial charge in [0.1, 0.15) is 11.9 Å². The van der Waals surface area contributed by atoms with Crippen molar-refractivity contribution < 1.29 is 9.59 Å². The number of halogens is 1. The molecule has 0 saturated carbocycles. The second-order valence-corrected chi connectivity index (χ2v) is 4.57. The molecule has 1 aromatic rings. The summed E-state index contributed by atoms with van der Waals surface area (Å²) >= 11 is 5.98. The molecule has 1 atom stereocenters. The standard InChI is InChI=1S/C11H13ClN4O2/c1-16-3-2-8(11(16)18)15-10-7(12)4-6(5-14-10)9(13)17/h4-5,8H,2-3H2,1H3,(H2,13,17)(H,14,15). The summed E-state index contributed by atoms with van der Waals surface area (Å²) in [4.78, 5) is 28.3. The molecule has 1 aliphatic heterocycles. The van der Waals surface area contributed by atoms with Crippen LogP contribution in [-0.2, 0) is 4.79 Å². The summed E-state index contributed by atoms with van der Waals surface area (Å²) in [6.07, 6.45) is 2.03. The summed E-state index contributed by atoms with van der Waals surface area (Å²) in [5, 5.41) is 3.24. The van der Waals surface area contributed by atoms with Crippen LogP contribution in [0, 0.1) is 0 Å². The van der Waals surface area contributed by atoms with E-state index in [1.54, 1.807) is 11.9 Å². The van der Waals surface area contributed by atoms with Gasteiger partial charge in [-0.25, -0.2) is 4.98 Å². The number of rotatable bonds is 3. The summed E-state index contributed by atoms with van der Waals surface area (Å²) < 4.78 is 0. The fourth-order valence-electron chi connectivity index (χ4n) is 1.80. The summed E-state index contributed by atoms with van der Waals surface area (Å²) in [5.41, 5.74) is 5.35. The van der Waals surface area contributed by atoms with Crippen molar-refractivity contribution in [2.45, 2.75) is 12.5 Å². The van der Waals surface area contributed by atoms with Crippen molar-refractivity contribution >= 4 is 29.2 Å². The Balaban J connectivity index is 2.15. The number of hydrogen-bond acceptors (Lipinski definition) is 4. The van der Waals surface area contributed by atoms with Crippen LogP contribution in [0.3, 0.4) is 0 Å². The van der Waals surface area contributed by atoms with Gasteiger partial charge in [-0.2, -0.15) is 0 Å². The lowest BCUT2D eigenvalue weighted by molar-refractivity contribution is -0.127. The Kier molecular flexibility index (Phi) is 3.38. The van der Waals surface area contributed by atoms with Crippen molar-refractivity contribution in [3.63, 3.8) is 0 Å². The third kappa shape index (κ3) is 2.38. The van der Waals surface area contributed by atoms with Crippen molar-refractivity contribution in [2.75, 3.05) is 18.9 Å². The first-order valence-electron chi connectivity index (χ1n) is 5.46. The maximum absolute atomic E-state index is 11.7. The first-order chi connectivity index (χ1) is 8.49. The van der Waals surface area contributed by atoms with E-state index in [2.05, 4.69) is 10.3 Å². The monoisotopic (exact) mass is 268 g/mol. The molecule has 0 aliphatic carbocycles. The minimum atomic E-state index is -0.590. The van der Waals surface area contributed by atoms with Crippen LogP contribution < -0.4 is 11.1 Å². The maximum atomic E-state index is 11.7. The summed E-state index contributed by atoms with van der Waals surface area (Å²) in [7, 11) is 1.75. The summed E-state index contributed by atoms with van der Waals surface area (Å²) in [6.45, 7) is 0.702. The first kappa shape index (κ1) is 12.6. The van der Waals surface area contributed by atoms with Crippen molar-refractivity contribution in [3.05, 3.63) is 22.8 Å². The van der Waals surface area contributed by atoms with Crippen LogP contribution in [0.4, 0.5) is 5.82 Å². The molecule has 1 unspecified atom stereocenters. The van der Waals surface area contributed by atoms with E-state index < -0.39 is 5.91 Å². The molecular weight excluding hydrogens is 256 g/mol. The van der Waals surface area contributed by atoms with Crippen LogP contribution in [0.2, 0.25) is 5.02 Å². The maximum Gasteiger partial charge on any atom is 0.250 e. The molecule has 6 nitrogen and oxygen atoms in total. The van der Waals surface area contributed by atoms with Crippen molar-refractivity contribution in [3.8, 4) is 0 Å². The minimum absolute atomic E-state index is 0.00634. The highest BCUT2D eigenvalue weighted by Gasteiger charge is 2.29. The molecule has 1 aliphatic rings. The number of nitrogens with zero attached hydrogens (tertiary/aromatic N) is 2. The van der Waals surface area contributed by atoms with Crippen molar-refractivity contribution in [2.24, 2.45) is 5.73 Å². The zero-order valence-corrected chi connectivity index (χ0v) is 10.6. The number of nitrogens with two attached hydrogens (primary N) is 1. The predicted octanol–water partition coefficient (Wildman–Crippen LogP) is 0.476. The molecule has 96 valence electrons. The number of nitrogens with one attached hydrogen (secondary N) is 1. The van der Waals surface area contributed by atoms with E-state index in [4.69, 9.17) is 17.3 Å². The number of primary amides is 1. The fraction of sp³-hybridized carbons (Fsp3) is 0.364. The smallest absolute Gasteiger partial charge is 0.250 e. The van der Waals surface area contributed by atoms with Crippen LogP contribution in [0.1, 0.15) is 16.8 Å². The Labute approximate surface area is 109 Å². The lowest BCUT2D eigenvalue weighted by Crippen LogP contribution is -2.31. The number of anilines is 1. The fourth-order valence-corrected chi connectivity index (χ4v) is 2.02. The van der Waals surface area contributed by atoms with E-state index in [-0.39, 0.29) is 22.5 Å². The van der Waals surface area contributed by atoms with Crippen molar-refractivity contribution in [1.29, 1.82) is 0 Å². The van der Waals surface area contributed by atoms with Gasteiger partial charge < -0.3 is 16.0 Å². The minimum Gasteiger partial charge on any atom is -0.366 e. The SMILES string of the molecule is CN1CCC(Nc2ncc(C(N)=O)cc2Cl)C1=O. The highest BCUT2D eigenvalue weighted by Crippen LogP contribution is 2.23. The molecule has 3 N–H and O–H groups in total. The third-order valence-corrected chi connectivity index (χ3v) is 3.15. The van der Waals surface area contributed by atoms with Gasteiger partial charge in [0, 0.05) is 19.8 Å². The van der Waals surface area contributed by atoms with Gasteiger partial charge in [0.25, 0.3) is 0 Å². The van der Waals surface area contributed by atoms with Gasteiger partial charge in [0.05, 0.1) is 10.6 Å². The Morgan fingerprint density at radius 1 is 1.67 bits per heavy atom. The molecule has 0 aromatic carbocycles. The number of amides is 2. The average Bonchev–Trinajstić information content (AvgIpc) is 2.63. The quantitative estimate of drug-likeness (QED) is 0.834. The highest BCUT2D eigenvalue weighted by molar-refractivity contribution is 6.33.